The van der Waals surface area contributed by atoms with Crippen LogP contribution in [0.25, 0.3) is 0 Å². The van der Waals surface area contributed by atoms with E-state index in [1.807, 2.05) is 0 Å². The first-order valence-electron chi connectivity index (χ1n) is 8.82. The van der Waals surface area contributed by atoms with Crippen LogP contribution >= 0.6 is 0 Å². The van der Waals surface area contributed by atoms with Crippen molar-refractivity contribution < 1.29 is 5.11 Å². The summed E-state index contributed by atoms with van der Waals surface area (Å²) in [6.07, 6.45) is 11.4. The lowest BCUT2D eigenvalue weighted by Gasteiger charge is -2.60. The molecule has 5 fully saturated rings. The van der Waals surface area contributed by atoms with Crippen molar-refractivity contribution in [3.05, 3.63) is 0 Å². The van der Waals surface area contributed by atoms with E-state index in [9.17, 15) is 5.11 Å². The summed E-state index contributed by atoms with van der Waals surface area (Å²) in [5.74, 6) is 2.75. The number of hydrogen-bond acceptors (Lipinski definition) is 3. The molecule has 3 heteroatoms. The zero-order chi connectivity index (χ0) is 13.7. The van der Waals surface area contributed by atoms with Gasteiger partial charge in [0, 0.05) is 12.1 Å². The first-order chi connectivity index (χ1) is 9.67. The molecule has 5 aliphatic carbocycles. The van der Waals surface area contributed by atoms with Crippen LogP contribution in [0.4, 0.5) is 0 Å². The Morgan fingerprint density at radius 3 is 2.25 bits per heavy atom. The molecule has 0 saturated heterocycles. The molecular weight excluding hydrogens is 248 g/mol. The predicted molar refractivity (Wildman–Crippen MR) is 80.2 cm³/mol. The van der Waals surface area contributed by atoms with Gasteiger partial charge < -0.3 is 16.2 Å². The Balaban J connectivity index is 1.43. The quantitative estimate of drug-likeness (QED) is 0.740. The molecule has 4 N–H and O–H groups in total. The van der Waals surface area contributed by atoms with Gasteiger partial charge in [-0.3, -0.25) is 0 Å². The zero-order valence-corrected chi connectivity index (χ0v) is 12.6. The van der Waals surface area contributed by atoms with E-state index in [1.54, 1.807) is 0 Å². The fraction of sp³-hybridized carbons (Fsp3) is 1.00. The third kappa shape index (κ3) is 2.22. The maximum absolute atomic E-state index is 9.66. The number of aliphatic hydroxyl groups excluding tert-OH is 1. The highest BCUT2D eigenvalue weighted by Crippen LogP contribution is 2.59. The fourth-order valence-electron chi connectivity index (χ4n) is 6.23. The molecule has 20 heavy (non-hydrogen) atoms. The first kappa shape index (κ1) is 13.5. The minimum atomic E-state index is -0.0351. The highest BCUT2D eigenvalue weighted by atomic mass is 16.3. The van der Waals surface area contributed by atoms with Crippen molar-refractivity contribution in [2.75, 3.05) is 6.54 Å². The maximum Gasteiger partial charge on any atom is 0.0541 e. The summed E-state index contributed by atoms with van der Waals surface area (Å²) in [4.78, 5) is 0. The van der Waals surface area contributed by atoms with Crippen LogP contribution in [0.2, 0.25) is 0 Å². The van der Waals surface area contributed by atoms with Crippen molar-refractivity contribution in [2.24, 2.45) is 28.9 Å². The van der Waals surface area contributed by atoms with Crippen molar-refractivity contribution in [2.45, 2.75) is 76.0 Å². The fourth-order valence-corrected chi connectivity index (χ4v) is 6.23. The molecule has 0 aromatic carbocycles. The molecular formula is C17H30N2O. The Bertz CT molecular complexity index is 348. The van der Waals surface area contributed by atoms with E-state index >= 15 is 0 Å². The first-order valence-corrected chi connectivity index (χ1v) is 8.82. The van der Waals surface area contributed by atoms with E-state index in [1.165, 1.54) is 44.9 Å². The second-order valence-electron chi connectivity index (χ2n) is 8.37. The molecule has 5 rings (SSSR count). The second-order valence-corrected chi connectivity index (χ2v) is 8.37. The number of aliphatic hydroxyl groups is 1. The topological polar surface area (TPSA) is 58.3 Å². The molecule has 4 bridgehead atoms. The van der Waals surface area contributed by atoms with Crippen LogP contribution < -0.4 is 11.1 Å². The minimum Gasteiger partial charge on any atom is -0.393 e. The monoisotopic (exact) mass is 278 g/mol. The number of rotatable bonds is 3. The lowest BCUT2D eigenvalue weighted by Crippen LogP contribution is -2.61. The largest absolute Gasteiger partial charge is 0.393 e. The van der Waals surface area contributed by atoms with Gasteiger partial charge in [-0.25, -0.2) is 0 Å². The molecule has 0 heterocycles. The van der Waals surface area contributed by atoms with Crippen LogP contribution in [0.3, 0.4) is 0 Å². The van der Waals surface area contributed by atoms with E-state index in [2.05, 4.69) is 5.32 Å². The van der Waals surface area contributed by atoms with Crippen LogP contribution in [0, 0.1) is 23.2 Å². The van der Waals surface area contributed by atoms with Gasteiger partial charge in [-0.05, 0) is 87.5 Å². The van der Waals surface area contributed by atoms with Gasteiger partial charge in [0.15, 0.2) is 0 Å². The van der Waals surface area contributed by atoms with Crippen LogP contribution in [-0.2, 0) is 0 Å². The highest BCUT2D eigenvalue weighted by Gasteiger charge is 2.54. The summed E-state index contributed by atoms with van der Waals surface area (Å²) in [5, 5.41) is 13.7. The molecule has 5 aliphatic rings. The molecule has 1 unspecified atom stereocenters. The van der Waals surface area contributed by atoms with E-state index in [4.69, 9.17) is 5.73 Å². The van der Waals surface area contributed by atoms with Gasteiger partial charge in [0.25, 0.3) is 0 Å². The molecule has 0 amide bonds. The molecule has 5 atom stereocenters. The number of nitrogens with two attached hydrogens (primary N) is 1. The minimum absolute atomic E-state index is 0.0351. The Hall–Kier alpha value is -0.120. The lowest BCUT2D eigenvalue weighted by atomic mass is 9.48. The Kier molecular flexibility index (Phi) is 3.36. The Morgan fingerprint density at radius 1 is 1.00 bits per heavy atom. The van der Waals surface area contributed by atoms with E-state index in [0.717, 1.165) is 43.2 Å². The van der Waals surface area contributed by atoms with Gasteiger partial charge in [0.2, 0.25) is 0 Å². The van der Waals surface area contributed by atoms with Crippen molar-refractivity contribution >= 4 is 0 Å². The average Bonchev–Trinajstić information content (AvgIpc) is 2.44. The third-order valence-electron chi connectivity index (χ3n) is 6.96. The van der Waals surface area contributed by atoms with E-state index in [-0.39, 0.29) is 6.10 Å². The van der Waals surface area contributed by atoms with Crippen molar-refractivity contribution in [1.82, 2.24) is 5.32 Å². The van der Waals surface area contributed by atoms with Gasteiger partial charge in [-0.1, -0.05) is 0 Å². The molecule has 0 aliphatic heterocycles. The van der Waals surface area contributed by atoms with E-state index < -0.39 is 0 Å². The molecule has 114 valence electrons. The highest BCUT2D eigenvalue weighted by molar-refractivity contribution is 5.08. The van der Waals surface area contributed by atoms with Crippen LogP contribution in [-0.4, -0.2) is 29.8 Å². The third-order valence-corrected chi connectivity index (χ3v) is 6.96. The lowest BCUT2D eigenvalue weighted by molar-refractivity contribution is -0.0756. The Morgan fingerprint density at radius 2 is 1.65 bits per heavy atom. The van der Waals surface area contributed by atoms with E-state index in [0.29, 0.717) is 11.5 Å². The summed E-state index contributed by atoms with van der Waals surface area (Å²) in [6, 6.07) is 1.42. The zero-order valence-electron chi connectivity index (χ0n) is 12.6. The molecule has 5 saturated carbocycles. The normalized spacial score (nSPS) is 54.3. The summed E-state index contributed by atoms with van der Waals surface area (Å²) < 4.78 is 0. The van der Waals surface area contributed by atoms with Gasteiger partial charge in [-0.15, -0.1) is 0 Å². The summed E-state index contributed by atoms with van der Waals surface area (Å²) in [6.45, 7) is 0.916. The van der Waals surface area contributed by atoms with Crippen molar-refractivity contribution in [3.63, 3.8) is 0 Å². The van der Waals surface area contributed by atoms with Crippen molar-refractivity contribution in [3.8, 4) is 0 Å². The molecule has 0 radical (unpaired) electrons. The molecule has 3 nitrogen and oxygen atoms in total. The summed E-state index contributed by atoms with van der Waals surface area (Å²) in [5.41, 5.74) is 6.64. The molecule has 0 aromatic rings. The molecule has 0 spiro atoms. The van der Waals surface area contributed by atoms with Crippen LogP contribution in [0.1, 0.15) is 57.8 Å². The standard InChI is InChI=1S/C17H30N2O/c18-10-17-7-11-5-12(8-17)16(13(6-11)9-17)19-14-1-3-15(20)4-2-14/h11-16,19-20H,1-10,18H2/t11?,12-,13+,14-,15-,16-,17-. The SMILES string of the molecule is NC[C@]12CC3C[C@H](C1)[C@@H](N[C@H]1CC[C@H](O)CC1)[C@@H](C3)C2. The van der Waals surface area contributed by atoms with Crippen molar-refractivity contribution in [1.29, 1.82) is 0 Å². The van der Waals surface area contributed by atoms with Gasteiger partial charge in [0.05, 0.1) is 6.10 Å². The van der Waals surface area contributed by atoms with Gasteiger partial charge in [-0.2, -0.15) is 0 Å². The summed E-state index contributed by atoms with van der Waals surface area (Å²) >= 11 is 0. The van der Waals surface area contributed by atoms with Crippen LogP contribution in [0.15, 0.2) is 0 Å². The predicted octanol–water partition coefficient (Wildman–Crippen LogP) is 2.03. The Labute approximate surface area is 122 Å². The summed E-state index contributed by atoms with van der Waals surface area (Å²) in [7, 11) is 0. The average molecular weight is 278 g/mol. The van der Waals surface area contributed by atoms with Gasteiger partial charge in [0.1, 0.15) is 0 Å². The van der Waals surface area contributed by atoms with Gasteiger partial charge >= 0.3 is 0 Å². The smallest absolute Gasteiger partial charge is 0.0541 e. The second kappa shape index (κ2) is 4.96. The number of hydrogen-bond donors (Lipinski definition) is 3. The van der Waals surface area contributed by atoms with Crippen LogP contribution in [0.5, 0.6) is 0 Å². The molecule has 0 aromatic heterocycles. The maximum atomic E-state index is 9.66. The number of nitrogens with one attached hydrogen (secondary N) is 1.